The molecule has 0 bridgehead atoms. The van der Waals surface area contributed by atoms with Gasteiger partial charge in [0.05, 0.1) is 12.6 Å². The molecule has 0 amide bonds. The number of Topliss-reactive ketones (excluding diaryl/α,β-unsaturated/α-hetero) is 1. The van der Waals surface area contributed by atoms with Gasteiger partial charge in [-0.15, -0.1) is 0 Å². The fraction of sp³-hybridized carbons (Fsp3) is 0.533. The molecule has 1 fully saturated rings. The Morgan fingerprint density at radius 3 is 2.37 bits per heavy atom. The van der Waals surface area contributed by atoms with Gasteiger partial charge in [0.1, 0.15) is 0 Å². The van der Waals surface area contributed by atoms with Crippen molar-refractivity contribution in [1.82, 2.24) is 9.80 Å². The highest BCUT2D eigenvalue weighted by molar-refractivity contribution is 5.82. The summed E-state index contributed by atoms with van der Waals surface area (Å²) in [5.74, 6) is 0.196. The number of piperazine rings is 1. The Bertz CT molecular complexity index is 400. The molecule has 1 atom stereocenters. The second-order valence-corrected chi connectivity index (χ2v) is 5.03. The topological polar surface area (TPSA) is 43.8 Å². The maximum atomic E-state index is 12.0. The Morgan fingerprint density at radius 2 is 1.84 bits per heavy atom. The third-order valence-electron chi connectivity index (χ3n) is 3.69. The van der Waals surface area contributed by atoms with Crippen LogP contribution in [0.15, 0.2) is 30.3 Å². The summed E-state index contributed by atoms with van der Waals surface area (Å²) in [6.07, 6.45) is 0. The van der Waals surface area contributed by atoms with Crippen molar-refractivity contribution >= 4 is 5.78 Å². The van der Waals surface area contributed by atoms with Crippen LogP contribution in [-0.2, 0) is 4.79 Å². The Hall–Kier alpha value is -1.23. The molecule has 1 aromatic carbocycles. The maximum absolute atomic E-state index is 12.0. The first-order valence-corrected chi connectivity index (χ1v) is 6.85. The number of hydrogen-bond acceptors (Lipinski definition) is 4. The van der Waals surface area contributed by atoms with Gasteiger partial charge in [-0.1, -0.05) is 30.3 Å². The minimum atomic E-state index is -0.127. The van der Waals surface area contributed by atoms with E-state index < -0.39 is 0 Å². The normalized spacial score (nSPS) is 19.3. The fourth-order valence-electron chi connectivity index (χ4n) is 2.72. The van der Waals surface area contributed by atoms with Crippen LogP contribution in [0.3, 0.4) is 0 Å². The average Bonchev–Trinajstić information content (AvgIpc) is 2.42. The first-order valence-electron chi connectivity index (χ1n) is 6.85. The molecule has 1 aliphatic heterocycles. The number of rotatable bonds is 5. The summed E-state index contributed by atoms with van der Waals surface area (Å²) < 4.78 is 0. The molecule has 0 spiro atoms. The zero-order valence-electron chi connectivity index (χ0n) is 11.5. The van der Waals surface area contributed by atoms with Crippen LogP contribution >= 0.6 is 0 Å². The third kappa shape index (κ3) is 3.62. The summed E-state index contributed by atoms with van der Waals surface area (Å²) in [7, 11) is 0. The van der Waals surface area contributed by atoms with Crippen LogP contribution < -0.4 is 0 Å². The van der Waals surface area contributed by atoms with E-state index in [1.54, 1.807) is 6.92 Å². The number of benzene rings is 1. The predicted molar refractivity (Wildman–Crippen MR) is 75.0 cm³/mol. The summed E-state index contributed by atoms with van der Waals surface area (Å²) in [5, 5.41) is 8.95. The van der Waals surface area contributed by atoms with E-state index in [9.17, 15) is 4.79 Å². The smallest absolute Gasteiger partial charge is 0.151 e. The lowest BCUT2D eigenvalue weighted by Gasteiger charge is -2.38. The lowest BCUT2D eigenvalue weighted by atomic mass is 10.0. The molecule has 0 aliphatic carbocycles. The van der Waals surface area contributed by atoms with Crippen molar-refractivity contribution in [1.29, 1.82) is 0 Å². The summed E-state index contributed by atoms with van der Waals surface area (Å²) in [4.78, 5) is 16.4. The van der Waals surface area contributed by atoms with Crippen LogP contribution in [0, 0.1) is 0 Å². The van der Waals surface area contributed by atoms with Gasteiger partial charge in [-0.05, 0) is 12.5 Å². The molecule has 2 rings (SSSR count). The standard InChI is InChI=1S/C15H22N2O2/c1-13(19)15(14-5-3-2-4-6-14)17-9-7-16(8-10-17)11-12-18/h2-6,15,18H,7-12H2,1H3. The SMILES string of the molecule is CC(=O)C(c1ccccc1)N1CCN(CCO)CC1. The van der Waals surface area contributed by atoms with Crippen molar-refractivity contribution < 1.29 is 9.90 Å². The van der Waals surface area contributed by atoms with Crippen molar-refractivity contribution in [3.05, 3.63) is 35.9 Å². The van der Waals surface area contributed by atoms with Gasteiger partial charge in [0, 0.05) is 32.7 Å². The van der Waals surface area contributed by atoms with Gasteiger partial charge in [0.25, 0.3) is 0 Å². The average molecular weight is 262 g/mol. The molecule has 1 heterocycles. The summed E-state index contributed by atoms with van der Waals surface area (Å²) in [6.45, 7) is 6.17. The summed E-state index contributed by atoms with van der Waals surface area (Å²) in [5.41, 5.74) is 1.07. The molecular weight excluding hydrogens is 240 g/mol. The highest BCUT2D eigenvalue weighted by Gasteiger charge is 2.27. The molecule has 4 nitrogen and oxygen atoms in total. The van der Waals surface area contributed by atoms with E-state index in [1.165, 1.54) is 0 Å². The number of carbonyl (C=O) groups excluding carboxylic acids is 1. The van der Waals surface area contributed by atoms with Gasteiger partial charge >= 0.3 is 0 Å². The molecule has 0 radical (unpaired) electrons. The van der Waals surface area contributed by atoms with Crippen LogP contribution in [0.25, 0.3) is 0 Å². The lowest BCUT2D eigenvalue weighted by Crippen LogP contribution is -2.49. The molecule has 19 heavy (non-hydrogen) atoms. The van der Waals surface area contributed by atoms with Crippen molar-refractivity contribution in [2.45, 2.75) is 13.0 Å². The van der Waals surface area contributed by atoms with Crippen molar-refractivity contribution in [3.8, 4) is 0 Å². The van der Waals surface area contributed by atoms with Gasteiger partial charge in [-0.25, -0.2) is 0 Å². The van der Waals surface area contributed by atoms with E-state index in [0.29, 0.717) is 0 Å². The lowest BCUT2D eigenvalue weighted by molar-refractivity contribution is -0.123. The second-order valence-electron chi connectivity index (χ2n) is 5.03. The van der Waals surface area contributed by atoms with Crippen LogP contribution in [0.5, 0.6) is 0 Å². The molecule has 0 aromatic heterocycles. The quantitative estimate of drug-likeness (QED) is 0.857. The Kier molecular flexibility index (Phi) is 5.07. The number of aliphatic hydroxyl groups excluding tert-OH is 1. The molecule has 4 heteroatoms. The first-order chi connectivity index (χ1) is 9.22. The van der Waals surface area contributed by atoms with E-state index in [1.807, 2.05) is 30.3 Å². The highest BCUT2D eigenvalue weighted by Crippen LogP contribution is 2.22. The fourth-order valence-corrected chi connectivity index (χ4v) is 2.72. The Morgan fingerprint density at radius 1 is 1.21 bits per heavy atom. The number of nitrogens with zero attached hydrogens (tertiary/aromatic N) is 2. The van der Waals surface area contributed by atoms with Crippen LogP contribution in [0.1, 0.15) is 18.5 Å². The van der Waals surface area contributed by atoms with Gasteiger partial charge < -0.3 is 5.11 Å². The third-order valence-corrected chi connectivity index (χ3v) is 3.69. The van der Waals surface area contributed by atoms with Gasteiger partial charge in [-0.2, -0.15) is 0 Å². The minimum Gasteiger partial charge on any atom is -0.395 e. The number of ketones is 1. The van der Waals surface area contributed by atoms with Crippen LogP contribution in [0.4, 0.5) is 0 Å². The number of β-amino-alcohol motifs (C(OH)–C–C–N with tert-alkyl or cyclic N) is 1. The van der Waals surface area contributed by atoms with Gasteiger partial charge in [0.15, 0.2) is 5.78 Å². The molecule has 1 aliphatic rings. The summed E-state index contributed by atoms with van der Waals surface area (Å²) in [6, 6.07) is 9.84. The van der Waals surface area contributed by atoms with E-state index in [4.69, 9.17) is 5.11 Å². The molecule has 1 unspecified atom stereocenters. The maximum Gasteiger partial charge on any atom is 0.151 e. The van der Waals surface area contributed by atoms with E-state index in [2.05, 4.69) is 9.80 Å². The van der Waals surface area contributed by atoms with Crippen molar-refractivity contribution in [3.63, 3.8) is 0 Å². The number of carbonyl (C=O) groups is 1. The molecule has 0 saturated carbocycles. The second kappa shape index (κ2) is 6.80. The van der Waals surface area contributed by atoms with Crippen LogP contribution in [0.2, 0.25) is 0 Å². The Labute approximate surface area is 114 Å². The molecule has 1 N–H and O–H groups in total. The minimum absolute atomic E-state index is 0.127. The van der Waals surface area contributed by atoms with Gasteiger partial charge in [-0.3, -0.25) is 14.6 Å². The zero-order valence-corrected chi connectivity index (χ0v) is 11.5. The summed E-state index contributed by atoms with van der Waals surface area (Å²) >= 11 is 0. The molecule has 104 valence electrons. The largest absolute Gasteiger partial charge is 0.395 e. The molecular formula is C15H22N2O2. The zero-order chi connectivity index (χ0) is 13.7. The van der Waals surface area contributed by atoms with Crippen molar-refractivity contribution in [2.24, 2.45) is 0 Å². The number of hydrogen-bond donors (Lipinski definition) is 1. The highest BCUT2D eigenvalue weighted by atomic mass is 16.3. The molecule has 1 saturated heterocycles. The van der Waals surface area contributed by atoms with Gasteiger partial charge in [0.2, 0.25) is 0 Å². The first kappa shape index (κ1) is 14.2. The number of aliphatic hydroxyl groups is 1. The predicted octanol–water partition coefficient (Wildman–Crippen LogP) is 0.927. The monoisotopic (exact) mass is 262 g/mol. The van der Waals surface area contributed by atoms with Crippen LogP contribution in [-0.4, -0.2) is 60.0 Å². The van der Waals surface area contributed by atoms with E-state index >= 15 is 0 Å². The van der Waals surface area contributed by atoms with E-state index in [-0.39, 0.29) is 18.4 Å². The Balaban J connectivity index is 2.04. The van der Waals surface area contributed by atoms with Crippen molar-refractivity contribution in [2.75, 3.05) is 39.3 Å². The molecule has 1 aromatic rings. The van der Waals surface area contributed by atoms with E-state index in [0.717, 1.165) is 38.3 Å².